The maximum atomic E-state index is 12.3. The average Bonchev–Trinajstić information content (AvgIpc) is 2.51. The van der Waals surface area contributed by atoms with Gasteiger partial charge in [-0.1, -0.05) is 37.3 Å². The van der Waals surface area contributed by atoms with Crippen LogP contribution in [0.5, 0.6) is 0 Å². The lowest BCUT2D eigenvalue weighted by Gasteiger charge is -2.30. The molecule has 1 aliphatic rings. The van der Waals surface area contributed by atoms with Crippen molar-refractivity contribution >= 4 is 30.7 Å². The fourth-order valence-electron chi connectivity index (χ4n) is 2.83. The van der Waals surface area contributed by atoms with Crippen LogP contribution in [0.1, 0.15) is 31.2 Å². The van der Waals surface area contributed by atoms with Crippen LogP contribution in [0.4, 0.5) is 0 Å². The summed E-state index contributed by atoms with van der Waals surface area (Å²) in [5.74, 6) is 0.636. The van der Waals surface area contributed by atoms with Crippen molar-refractivity contribution in [2.24, 2.45) is 11.7 Å². The highest BCUT2D eigenvalue weighted by molar-refractivity contribution is 5.85. The van der Waals surface area contributed by atoms with E-state index in [1.54, 1.807) is 0 Å². The van der Waals surface area contributed by atoms with Crippen LogP contribution in [0.2, 0.25) is 0 Å². The topological polar surface area (TPSA) is 58.4 Å². The first kappa shape index (κ1) is 22.2. The molecular formula is C17H29Cl2N3O. The molecule has 0 spiro atoms. The number of rotatable bonds is 6. The molecule has 1 fully saturated rings. The molecule has 0 bridgehead atoms. The van der Waals surface area contributed by atoms with Crippen molar-refractivity contribution in [3.05, 3.63) is 35.9 Å². The molecule has 132 valence electrons. The first-order valence-corrected chi connectivity index (χ1v) is 7.95. The van der Waals surface area contributed by atoms with Crippen LogP contribution in [0.15, 0.2) is 30.3 Å². The summed E-state index contributed by atoms with van der Waals surface area (Å²) in [4.78, 5) is 14.7. The molecule has 4 nitrogen and oxygen atoms in total. The lowest BCUT2D eigenvalue weighted by molar-refractivity contribution is -0.122. The number of hydrogen-bond donors (Lipinski definition) is 2. The fourth-order valence-corrected chi connectivity index (χ4v) is 2.83. The highest BCUT2D eigenvalue weighted by Crippen LogP contribution is 2.16. The first-order valence-electron chi connectivity index (χ1n) is 7.95. The molecule has 3 N–H and O–H groups in total. The maximum absolute atomic E-state index is 12.3. The third-order valence-electron chi connectivity index (χ3n) is 4.36. The van der Waals surface area contributed by atoms with Crippen molar-refractivity contribution in [2.45, 2.75) is 25.7 Å². The Morgan fingerprint density at radius 2 is 1.87 bits per heavy atom. The molecule has 1 aliphatic heterocycles. The number of nitrogens with zero attached hydrogens (tertiary/aromatic N) is 1. The monoisotopic (exact) mass is 361 g/mol. The number of halogens is 2. The van der Waals surface area contributed by atoms with Crippen LogP contribution in [-0.4, -0.2) is 43.5 Å². The first-order chi connectivity index (χ1) is 10.2. The Balaban J connectivity index is 0.00000242. The summed E-state index contributed by atoms with van der Waals surface area (Å²) in [5, 5.41) is 3.03. The standard InChI is InChI=1S/C17H27N3O.2ClH/c1-14-7-10-20(11-8-14)12-9-19-17(21)16(13-18)15-5-3-2-4-6-15;;/h2-6,14,16H,7-13,18H2,1H3,(H,19,21);2*1H. The van der Waals surface area contributed by atoms with Crippen LogP contribution in [0, 0.1) is 5.92 Å². The van der Waals surface area contributed by atoms with E-state index < -0.39 is 0 Å². The van der Waals surface area contributed by atoms with Gasteiger partial charge in [0.05, 0.1) is 5.92 Å². The highest BCUT2D eigenvalue weighted by Gasteiger charge is 2.19. The summed E-state index contributed by atoms with van der Waals surface area (Å²) in [7, 11) is 0. The summed E-state index contributed by atoms with van der Waals surface area (Å²) in [6, 6.07) is 9.76. The Hall–Kier alpha value is -0.810. The molecule has 0 radical (unpaired) electrons. The number of nitrogens with one attached hydrogen (secondary N) is 1. The zero-order chi connectivity index (χ0) is 15.1. The summed E-state index contributed by atoms with van der Waals surface area (Å²) >= 11 is 0. The zero-order valence-electron chi connectivity index (χ0n) is 13.7. The van der Waals surface area contributed by atoms with Gasteiger partial charge in [-0.15, -0.1) is 24.8 Å². The van der Waals surface area contributed by atoms with Crippen molar-refractivity contribution in [3.63, 3.8) is 0 Å². The Labute approximate surface area is 152 Å². The van der Waals surface area contributed by atoms with Crippen LogP contribution in [0.3, 0.4) is 0 Å². The molecule has 1 atom stereocenters. The fraction of sp³-hybridized carbons (Fsp3) is 0.588. The van der Waals surface area contributed by atoms with E-state index in [1.807, 2.05) is 30.3 Å². The quantitative estimate of drug-likeness (QED) is 0.817. The van der Waals surface area contributed by atoms with Crippen LogP contribution >= 0.6 is 24.8 Å². The predicted octanol–water partition coefficient (Wildman–Crippen LogP) is 2.42. The number of carbonyl (C=O) groups is 1. The van der Waals surface area contributed by atoms with E-state index in [1.165, 1.54) is 12.8 Å². The Bertz CT molecular complexity index is 437. The molecule has 2 rings (SSSR count). The number of hydrogen-bond acceptors (Lipinski definition) is 3. The van der Waals surface area contributed by atoms with Crippen LogP contribution in [0.25, 0.3) is 0 Å². The van der Waals surface area contributed by atoms with Gasteiger partial charge in [-0.3, -0.25) is 4.79 Å². The van der Waals surface area contributed by atoms with Crippen molar-refractivity contribution in [1.29, 1.82) is 0 Å². The molecule has 1 aromatic carbocycles. The second-order valence-corrected chi connectivity index (χ2v) is 6.01. The molecule has 1 aromatic rings. The molecule has 1 amide bonds. The summed E-state index contributed by atoms with van der Waals surface area (Å²) in [6.45, 7) is 6.59. The normalized spacial score (nSPS) is 16.8. The summed E-state index contributed by atoms with van der Waals surface area (Å²) < 4.78 is 0. The Kier molecular flexibility index (Phi) is 11.3. The van der Waals surface area contributed by atoms with Gasteiger partial charge in [0, 0.05) is 19.6 Å². The molecule has 1 heterocycles. The number of likely N-dealkylation sites (tertiary alicyclic amines) is 1. The summed E-state index contributed by atoms with van der Waals surface area (Å²) in [5.41, 5.74) is 6.75. The van der Waals surface area contributed by atoms with E-state index in [-0.39, 0.29) is 36.6 Å². The van der Waals surface area contributed by atoms with Gasteiger partial charge in [-0.25, -0.2) is 0 Å². The molecular weight excluding hydrogens is 333 g/mol. The van der Waals surface area contributed by atoms with Crippen LogP contribution in [-0.2, 0) is 4.79 Å². The lowest BCUT2D eigenvalue weighted by atomic mass is 9.98. The zero-order valence-corrected chi connectivity index (χ0v) is 15.4. The Morgan fingerprint density at radius 1 is 1.26 bits per heavy atom. The van der Waals surface area contributed by atoms with E-state index >= 15 is 0 Å². The van der Waals surface area contributed by atoms with E-state index in [2.05, 4.69) is 17.1 Å². The van der Waals surface area contributed by atoms with Gasteiger partial charge >= 0.3 is 0 Å². The van der Waals surface area contributed by atoms with Crippen LogP contribution < -0.4 is 11.1 Å². The van der Waals surface area contributed by atoms with Crippen molar-refractivity contribution in [2.75, 3.05) is 32.7 Å². The van der Waals surface area contributed by atoms with Gasteiger partial charge < -0.3 is 16.0 Å². The van der Waals surface area contributed by atoms with Gasteiger partial charge in [-0.2, -0.15) is 0 Å². The SMILES string of the molecule is CC1CCN(CCNC(=O)C(CN)c2ccccc2)CC1.Cl.Cl. The maximum Gasteiger partial charge on any atom is 0.228 e. The second kappa shape index (κ2) is 11.7. The summed E-state index contributed by atoms with van der Waals surface area (Å²) in [6.07, 6.45) is 2.53. The largest absolute Gasteiger partial charge is 0.354 e. The van der Waals surface area contributed by atoms with Crippen molar-refractivity contribution in [3.8, 4) is 0 Å². The van der Waals surface area contributed by atoms with E-state index in [4.69, 9.17) is 5.73 Å². The van der Waals surface area contributed by atoms with E-state index in [0.29, 0.717) is 13.1 Å². The van der Waals surface area contributed by atoms with E-state index in [9.17, 15) is 4.79 Å². The van der Waals surface area contributed by atoms with Gasteiger partial charge in [0.15, 0.2) is 0 Å². The molecule has 1 unspecified atom stereocenters. The molecule has 23 heavy (non-hydrogen) atoms. The molecule has 0 saturated carbocycles. The number of carbonyl (C=O) groups excluding carboxylic acids is 1. The van der Waals surface area contributed by atoms with Gasteiger partial charge in [0.1, 0.15) is 0 Å². The Morgan fingerprint density at radius 3 is 2.43 bits per heavy atom. The predicted molar refractivity (Wildman–Crippen MR) is 101 cm³/mol. The van der Waals surface area contributed by atoms with E-state index in [0.717, 1.165) is 31.1 Å². The highest BCUT2D eigenvalue weighted by atomic mass is 35.5. The van der Waals surface area contributed by atoms with Crippen molar-refractivity contribution in [1.82, 2.24) is 10.2 Å². The minimum Gasteiger partial charge on any atom is -0.354 e. The lowest BCUT2D eigenvalue weighted by Crippen LogP contribution is -2.41. The smallest absolute Gasteiger partial charge is 0.228 e. The van der Waals surface area contributed by atoms with Gasteiger partial charge in [-0.05, 0) is 37.4 Å². The van der Waals surface area contributed by atoms with Gasteiger partial charge in [0.2, 0.25) is 5.91 Å². The molecule has 1 saturated heterocycles. The second-order valence-electron chi connectivity index (χ2n) is 6.01. The molecule has 6 heteroatoms. The van der Waals surface area contributed by atoms with Gasteiger partial charge in [0.25, 0.3) is 0 Å². The number of nitrogens with two attached hydrogens (primary N) is 1. The molecule has 0 aromatic heterocycles. The number of benzene rings is 1. The third kappa shape index (κ3) is 7.08. The average molecular weight is 362 g/mol. The van der Waals surface area contributed by atoms with Crippen molar-refractivity contribution < 1.29 is 4.79 Å². The number of amides is 1. The molecule has 0 aliphatic carbocycles. The number of piperidine rings is 1. The third-order valence-corrected chi connectivity index (χ3v) is 4.36. The minimum absolute atomic E-state index is 0. The minimum atomic E-state index is -0.243.